The van der Waals surface area contributed by atoms with Gasteiger partial charge in [0.15, 0.2) is 5.69 Å². The Hall–Kier alpha value is -1.95. The lowest BCUT2D eigenvalue weighted by Gasteiger charge is -2.00. The summed E-state index contributed by atoms with van der Waals surface area (Å²) in [6.45, 7) is 0. The quantitative estimate of drug-likeness (QED) is 0.891. The maximum Gasteiger partial charge on any atom is 0.358 e. The van der Waals surface area contributed by atoms with Gasteiger partial charge >= 0.3 is 5.97 Å². The molecule has 0 bridgehead atoms. The summed E-state index contributed by atoms with van der Waals surface area (Å²) in [5, 5.41) is 16.7. The molecule has 17 heavy (non-hydrogen) atoms. The van der Waals surface area contributed by atoms with Crippen molar-refractivity contribution in [3.8, 4) is 11.3 Å². The fraction of sp³-hybridized carbons (Fsp3) is 0.100. The predicted octanol–water partition coefficient (Wildman–Crippen LogP) is 1.97. The topological polar surface area (TPSA) is 68.0 Å². The zero-order chi connectivity index (χ0) is 12.6. The van der Waals surface area contributed by atoms with Crippen LogP contribution in [0.5, 0.6) is 0 Å². The molecule has 2 rings (SSSR count). The van der Waals surface area contributed by atoms with Crippen LogP contribution in [0.3, 0.4) is 0 Å². The number of aromatic nitrogens is 3. The number of benzene rings is 1. The van der Waals surface area contributed by atoms with Crippen LogP contribution in [0.1, 0.15) is 10.5 Å². The molecule has 0 fully saturated rings. The van der Waals surface area contributed by atoms with Crippen LogP contribution in [0.2, 0.25) is 5.02 Å². The predicted molar refractivity (Wildman–Crippen MR) is 58.4 cm³/mol. The first kappa shape index (κ1) is 11.5. The Kier molecular flexibility index (Phi) is 2.81. The number of rotatable bonds is 2. The number of carbonyl (C=O) groups is 1. The Morgan fingerprint density at radius 2 is 2.18 bits per heavy atom. The zero-order valence-corrected chi connectivity index (χ0v) is 9.44. The second kappa shape index (κ2) is 4.14. The summed E-state index contributed by atoms with van der Waals surface area (Å²) in [7, 11) is 1.46. The lowest BCUT2D eigenvalue weighted by Crippen LogP contribution is -2.01. The van der Waals surface area contributed by atoms with Crippen LogP contribution in [0.25, 0.3) is 11.3 Å². The molecule has 0 aliphatic heterocycles. The van der Waals surface area contributed by atoms with Crippen molar-refractivity contribution in [1.82, 2.24) is 15.0 Å². The van der Waals surface area contributed by atoms with Crippen molar-refractivity contribution in [2.75, 3.05) is 0 Å². The molecular weight excluding hydrogens is 249 g/mol. The number of halogens is 2. The van der Waals surface area contributed by atoms with E-state index in [-0.39, 0.29) is 17.0 Å². The standard InChI is InChI=1S/C10H7ClFN3O2/c1-15-13-8(9(14-15)10(16)17)6-4-5(11)2-3-7(6)12/h2-4H,1H3,(H,16,17). The van der Waals surface area contributed by atoms with E-state index >= 15 is 0 Å². The van der Waals surface area contributed by atoms with Crippen LogP contribution in [0.4, 0.5) is 4.39 Å². The fourth-order valence-electron chi connectivity index (χ4n) is 1.41. The highest BCUT2D eigenvalue weighted by atomic mass is 35.5. The number of aryl methyl sites for hydroxylation is 1. The van der Waals surface area contributed by atoms with Gasteiger partial charge in [0.05, 0.1) is 0 Å². The Labute approximate surface area is 100 Å². The highest BCUT2D eigenvalue weighted by Gasteiger charge is 2.21. The minimum absolute atomic E-state index is 0.0167. The van der Waals surface area contributed by atoms with Crippen molar-refractivity contribution in [1.29, 1.82) is 0 Å². The van der Waals surface area contributed by atoms with Gasteiger partial charge in [-0.2, -0.15) is 9.90 Å². The van der Waals surface area contributed by atoms with Crippen molar-refractivity contribution in [3.05, 3.63) is 34.7 Å². The SMILES string of the molecule is Cn1nc(C(=O)O)c(-c2cc(Cl)ccc2F)n1. The van der Waals surface area contributed by atoms with E-state index in [9.17, 15) is 9.18 Å². The van der Waals surface area contributed by atoms with Gasteiger partial charge in [0, 0.05) is 17.6 Å². The van der Waals surface area contributed by atoms with E-state index in [2.05, 4.69) is 10.2 Å². The first-order valence-electron chi connectivity index (χ1n) is 4.59. The van der Waals surface area contributed by atoms with Gasteiger partial charge in [-0.1, -0.05) is 11.6 Å². The van der Waals surface area contributed by atoms with Crippen LogP contribution in [0.15, 0.2) is 18.2 Å². The minimum Gasteiger partial charge on any atom is -0.476 e. The first-order valence-corrected chi connectivity index (χ1v) is 4.97. The highest BCUT2D eigenvalue weighted by Crippen LogP contribution is 2.26. The van der Waals surface area contributed by atoms with Gasteiger partial charge in [-0.25, -0.2) is 9.18 Å². The number of aromatic carboxylic acids is 1. The molecule has 7 heteroatoms. The minimum atomic E-state index is -1.27. The molecule has 1 aromatic carbocycles. The molecule has 1 aromatic heterocycles. The average molecular weight is 256 g/mol. The van der Waals surface area contributed by atoms with Crippen LogP contribution >= 0.6 is 11.6 Å². The summed E-state index contributed by atoms with van der Waals surface area (Å²) in [5.41, 5.74) is -0.336. The van der Waals surface area contributed by atoms with Crippen molar-refractivity contribution in [2.45, 2.75) is 0 Å². The molecule has 5 nitrogen and oxygen atoms in total. The third kappa shape index (κ3) is 2.12. The highest BCUT2D eigenvalue weighted by molar-refractivity contribution is 6.30. The second-order valence-corrected chi connectivity index (χ2v) is 3.75. The van der Waals surface area contributed by atoms with E-state index in [1.54, 1.807) is 0 Å². The third-order valence-corrected chi connectivity index (χ3v) is 2.33. The summed E-state index contributed by atoms with van der Waals surface area (Å²) >= 11 is 5.74. The Morgan fingerprint density at radius 3 is 2.82 bits per heavy atom. The fourth-order valence-corrected chi connectivity index (χ4v) is 1.58. The first-order chi connectivity index (χ1) is 7.99. The van der Waals surface area contributed by atoms with Crippen molar-refractivity contribution in [2.24, 2.45) is 7.05 Å². The number of nitrogens with zero attached hydrogens (tertiary/aromatic N) is 3. The van der Waals surface area contributed by atoms with Crippen molar-refractivity contribution >= 4 is 17.6 Å². The van der Waals surface area contributed by atoms with Gasteiger partial charge in [-0.3, -0.25) is 0 Å². The van der Waals surface area contributed by atoms with Gasteiger partial charge in [0.1, 0.15) is 11.5 Å². The van der Waals surface area contributed by atoms with E-state index in [1.807, 2.05) is 0 Å². The van der Waals surface area contributed by atoms with Crippen LogP contribution in [0, 0.1) is 5.82 Å². The Balaban J connectivity index is 2.67. The normalized spacial score (nSPS) is 10.5. The van der Waals surface area contributed by atoms with Gasteiger partial charge in [-0.15, -0.1) is 5.10 Å². The van der Waals surface area contributed by atoms with Gasteiger partial charge < -0.3 is 5.11 Å². The summed E-state index contributed by atoms with van der Waals surface area (Å²) in [6.07, 6.45) is 0. The second-order valence-electron chi connectivity index (χ2n) is 3.32. The summed E-state index contributed by atoms with van der Waals surface area (Å²) in [6, 6.07) is 3.84. The molecule has 0 amide bonds. The number of hydrogen-bond donors (Lipinski definition) is 1. The van der Waals surface area contributed by atoms with Crippen molar-refractivity contribution in [3.63, 3.8) is 0 Å². The van der Waals surface area contributed by atoms with Crippen LogP contribution < -0.4 is 0 Å². The summed E-state index contributed by atoms with van der Waals surface area (Å²) < 4.78 is 13.6. The summed E-state index contributed by atoms with van der Waals surface area (Å²) in [5.74, 6) is -1.87. The molecule has 0 saturated carbocycles. The average Bonchev–Trinajstić information content (AvgIpc) is 2.64. The zero-order valence-electron chi connectivity index (χ0n) is 8.69. The molecule has 0 aliphatic rings. The maximum absolute atomic E-state index is 13.6. The molecule has 0 unspecified atom stereocenters. The molecule has 0 saturated heterocycles. The maximum atomic E-state index is 13.6. The largest absolute Gasteiger partial charge is 0.476 e. The van der Waals surface area contributed by atoms with E-state index < -0.39 is 11.8 Å². The molecular formula is C10H7ClFN3O2. The lowest BCUT2D eigenvalue weighted by molar-refractivity contribution is 0.0690. The number of hydrogen-bond acceptors (Lipinski definition) is 3. The molecule has 1 heterocycles. The molecule has 1 N–H and O–H groups in total. The molecule has 0 radical (unpaired) electrons. The van der Waals surface area contributed by atoms with E-state index in [0.717, 1.165) is 10.9 Å². The molecule has 0 aliphatic carbocycles. The smallest absolute Gasteiger partial charge is 0.358 e. The van der Waals surface area contributed by atoms with E-state index in [4.69, 9.17) is 16.7 Å². The summed E-state index contributed by atoms with van der Waals surface area (Å²) in [4.78, 5) is 12.0. The van der Waals surface area contributed by atoms with E-state index in [1.165, 1.54) is 19.2 Å². The van der Waals surface area contributed by atoms with Crippen LogP contribution in [-0.2, 0) is 7.05 Å². The van der Waals surface area contributed by atoms with E-state index in [0.29, 0.717) is 5.02 Å². The molecule has 0 atom stereocenters. The Bertz CT molecular complexity index is 597. The molecule has 0 spiro atoms. The number of carboxylic acid groups (broad SMARTS) is 1. The third-order valence-electron chi connectivity index (χ3n) is 2.10. The lowest BCUT2D eigenvalue weighted by atomic mass is 10.1. The number of carboxylic acids is 1. The monoisotopic (exact) mass is 255 g/mol. The van der Waals surface area contributed by atoms with Crippen LogP contribution in [-0.4, -0.2) is 26.1 Å². The van der Waals surface area contributed by atoms with Gasteiger partial charge in [0.2, 0.25) is 0 Å². The van der Waals surface area contributed by atoms with Gasteiger partial charge in [-0.05, 0) is 18.2 Å². The van der Waals surface area contributed by atoms with Crippen molar-refractivity contribution < 1.29 is 14.3 Å². The molecule has 2 aromatic rings. The molecule has 88 valence electrons. The Morgan fingerprint density at radius 1 is 1.47 bits per heavy atom. The van der Waals surface area contributed by atoms with Gasteiger partial charge in [0.25, 0.3) is 0 Å².